The topological polar surface area (TPSA) is 51.2 Å². The smallest absolute Gasteiger partial charge is 0.236 e. The molecule has 1 saturated carbocycles. The average molecular weight is 477 g/mol. The molecule has 3 fully saturated rings. The maximum absolute atomic E-state index is 12.5. The molecule has 0 spiro atoms. The molecule has 1 amide bonds. The van der Waals surface area contributed by atoms with Gasteiger partial charge in [-0.15, -0.1) is 24.0 Å². The number of halogens is 1. The van der Waals surface area contributed by atoms with Gasteiger partial charge >= 0.3 is 0 Å². The standard InChI is InChI=1S/C19H35N5O.HI/c1-20-19(21-9-8-17-6-7-17)24-14-12-22(13-15-24)16-18(25)23-10-4-2-3-5-11-23;/h17H,2-16H2,1H3,(H,20,21);1H. The van der Waals surface area contributed by atoms with Crippen LogP contribution in [-0.2, 0) is 4.79 Å². The third-order valence-electron chi connectivity index (χ3n) is 5.73. The number of hydrogen-bond acceptors (Lipinski definition) is 3. The zero-order chi connectivity index (χ0) is 17.5. The zero-order valence-corrected chi connectivity index (χ0v) is 18.6. The van der Waals surface area contributed by atoms with Gasteiger partial charge in [0.1, 0.15) is 0 Å². The minimum absolute atomic E-state index is 0. The predicted molar refractivity (Wildman–Crippen MR) is 117 cm³/mol. The summed E-state index contributed by atoms with van der Waals surface area (Å²) >= 11 is 0. The van der Waals surface area contributed by atoms with Crippen LogP contribution in [0.5, 0.6) is 0 Å². The molecule has 3 rings (SSSR count). The normalized spacial score (nSPS) is 22.6. The quantitative estimate of drug-likeness (QED) is 0.374. The number of amides is 1. The van der Waals surface area contributed by atoms with Gasteiger partial charge in [0.05, 0.1) is 6.54 Å². The molecule has 2 aliphatic heterocycles. The lowest BCUT2D eigenvalue weighted by molar-refractivity contribution is -0.132. The molecule has 1 N–H and O–H groups in total. The Morgan fingerprint density at radius 2 is 1.62 bits per heavy atom. The van der Waals surface area contributed by atoms with E-state index in [2.05, 4.69) is 25.0 Å². The third-order valence-corrected chi connectivity index (χ3v) is 5.73. The van der Waals surface area contributed by atoms with Crippen molar-refractivity contribution in [3.8, 4) is 0 Å². The highest BCUT2D eigenvalue weighted by Crippen LogP contribution is 2.31. The van der Waals surface area contributed by atoms with Crippen molar-refractivity contribution in [3.05, 3.63) is 0 Å². The summed E-state index contributed by atoms with van der Waals surface area (Å²) in [5, 5.41) is 3.51. The minimum atomic E-state index is 0. The van der Waals surface area contributed by atoms with Crippen molar-refractivity contribution in [1.29, 1.82) is 0 Å². The number of likely N-dealkylation sites (tertiary alicyclic amines) is 1. The first-order valence-corrected chi connectivity index (χ1v) is 10.2. The van der Waals surface area contributed by atoms with E-state index in [0.717, 1.165) is 57.7 Å². The van der Waals surface area contributed by atoms with Gasteiger partial charge < -0.3 is 15.1 Å². The second kappa shape index (κ2) is 11.3. The molecule has 0 aromatic carbocycles. The molecule has 6 nitrogen and oxygen atoms in total. The summed E-state index contributed by atoms with van der Waals surface area (Å²) in [6.07, 6.45) is 8.97. The van der Waals surface area contributed by atoms with Gasteiger partial charge in [0.15, 0.2) is 5.96 Å². The number of carbonyl (C=O) groups excluding carboxylic acids is 1. The number of nitrogens with zero attached hydrogens (tertiary/aromatic N) is 4. The molecule has 0 atom stereocenters. The molecule has 0 aromatic rings. The molecule has 1 aliphatic carbocycles. The first kappa shape index (κ1) is 21.7. The van der Waals surface area contributed by atoms with Crippen LogP contribution in [0.4, 0.5) is 0 Å². The molecular formula is C19H36IN5O. The van der Waals surface area contributed by atoms with E-state index in [4.69, 9.17) is 0 Å². The van der Waals surface area contributed by atoms with Crippen molar-refractivity contribution < 1.29 is 4.79 Å². The number of hydrogen-bond donors (Lipinski definition) is 1. The maximum atomic E-state index is 12.5. The number of nitrogens with one attached hydrogen (secondary N) is 1. The zero-order valence-electron chi connectivity index (χ0n) is 16.3. The van der Waals surface area contributed by atoms with Crippen molar-refractivity contribution in [1.82, 2.24) is 20.0 Å². The van der Waals surface area contributed by atoms with Crippen LogP contribution in [0.1, 0.15) is 44.9 Å². The van der Waals surface area contributed by atoms with Crippen LogP contribution in [0.2, 0.25) is 0 Å². The summed E-state index contributed by atoms with van der Waals surface area (Å²) in [6, 6.07) is 0. The maximum Gasteiger partial charge on any atom is 0.236 e. The Kier molecular flexibility index (Phi) is 9.45. The second-order valence-electron chi connectivity index (χ2n) is 7.76. The van der Waals surface area contributed by atoms with E-state index in [1.807, 2.05) is 7.05 Å². The molecule has 26 heavy (non-hydrogen) atoms. The lowest BCUT2D eigenvalue weighted by Gasteiger charge is -2.37. The Morgan fingerprint density at radius 3 is 2.19 bits per heavy atom. The predicted octanol–water partition coefficient (Wildman–Crippen LogP) is 2.00. The van der Waals surface area contributed by atoms with Gasteiger partial charge in [0, 0.05) is 52.9 Å². The minimum Gasteiger partial charge on any atom is -0.356 e. The molecule has 0 unspecified atom stereocenters. The first-order valence-electron chi connectivity index (χ1n) is 10.2. The summed E-state index contributed by atoms with van der Waals surface area (Å²) in [7, 11) is 1.87. The average Bonchev–Trinajstić information content (AvgIpc) is 3.46. The fourth-order valence-electron chi connectivity index (χ4n) is 3.86. The second-order valence-corrected chi connectivity index (χ2v) is 7.76. The summed E-state index contributed by atoms with van der Waals surface area (Å²) in [5.41, 5.74) is 0. The van der Waals surface area contributed by atoms with Gasteiger partial charge in [-0.25, -0.2) is 0 Å². The van der Waals surface area contributed by atoms with Crippen LogP contribution in [-0.4, -0.2) is 86.0 Å². The van der Waals surface area contributed by atoms with Crippen molar-refractivity contribution in [2.45, 2.75) is 44.9 Å². The molecule has 2 heterocycles. The Labute approximate surface area is 175 Å². The Morgan fingerprint density at radius 1 is 0.962 bits per heavy atom. The molecule has 2 saturated heterocycles. The van der Waals surface area contributed by atoms with Crippen LogP contribution < -0.4 is 5.32 Å². The Bertz CT molecular complexity index is 453. The molecule has 7 heteroatoms. The van der Waals surface area contributed by atoms with Gasteiger partial charge in [-0.05, 0) is 25.2 Å². The summed E-state index contributed by atoms with van der Waals surface area (Å²) in [5.74, 6) is 2.30. The SMILES string of the molecule is CN=C(NCCC1CC1)N1CCN(CC(=O)N2CCCCCC2)CC1.I. The summed E-state index contributed by atoms with van der Waals surface area (Å²) in [4.78, 5) is 23.7. The highest BCUT2D eigenvalue weighted by Gasteiger charge is 2.24. The van der Waals surface area contributed by atoms with E-state index >= 15 is 0 Å². The summed E-state index contributed by atoms with van der Waals surface area (Å²) in [6.45, 7) is 7.33. The molecule has 0 radical (unpaired) electrons. The molecule has 0 aromatic heterocycles. The van der Waals surface area contributed by atoms with E-state index in [1.165, 1.54) is 44.9 Å². The van der Waals surface area contributed by atoms with Crippen LogP contribution in [0.15, 0.2) is 4.99 Å². The Balaban J connectivity index is 0.00000243. The van der Waals surface area contributed by atoms with Gasteiger partial charge in [-0.1, -0.05) is 25.7 Å². The van der Waals surface area contributed by atoms with E-state index in [1.54, 1.807) is 0 Å². The van der Waals surface area contributed by atoms with Gasteiger partial charge in [-0.2, -0.15) is 0 Å². The monoisotopic (exact) mass is 477 g/mol. The summed E-state index contributed by atoms with van der Waals surface area (Å²) < 4.78 is 0. The molecule has 0 bridgehead atoms. The Hall–Kier alpha value is -0.570. The van der Waals surface area contributed by atoms with Crippen LogP contribution in [0.3, 0.4) is 0 Å². The van der Waals surface area contributed by atoms with E-state index in [9.17, 15) is 4.79 Å². The van der Waals surface area contributed by atoms with Crippen molar-refractivity contribution in [3.63, 3.8) is 0 Å². The van der Waals surface area contributed by atoms with Gasteiger partial charge in [0.25, 0.3) is 0 Å². The fourth-order valence-corrected chi connectivity index (χ4v) is 3.86. The van der Waals surface area contributed by atoms with Crippen LogP contribution >= 0.6 is 24.0 Å². The number of carbonyl (C=O) groups is 1. The molecule has 150 valence electrons. The number of aliphatic imine (C=N–C) groups is 1. The fraction of sp³-hybridized carbons (Fsp3) is 0.895. The van der Waals surface area contributed by atoms with Gasteiger partial charge in [-0.3, -0.25) is 14.7 Å². The first-order chi connectivity index (χ1) is 12.3. The van der Waals surface area contributed by atoms with E-state index in [0.29, 0.717) is 12.5 Å². The third kappa shape index (κ3) is 6.87. The van der Waals surface area contributed by atoms with Crippen LogP contribution in [0, 0.1) is 5.92 Å². The van der Waals surface area contributed by atoms with Gasteiger partial charge in [0.2, 0.25) is 5.91 Å². The number of rotatable bonds is 5. The van der Waals surface area contributed by atoms with E-state index < -0.39 is 0 Å². The van der Waals surface area contributed by atoms with Crippen LogP contribution in [0.25, 0.3) is 0 Å². The highest BCUT2D eigenvalue weighted by molar-refractivity contribution is 14.0. The molecule has 3 aliphatic rings. The molecular weight excluding hydrogens is 441 g/mol. The lowest BCUT2D eigenvalue weighted by atomic mass is 10.2. The van der Waals surface area contributed by atoms with Crippen molar-refractivity contribution in [2.75, 3.05) is 59.4 Å². The van der Waals surface area contributed by atoms with Crippen molar-refractivity contribution >= 4 is 35.8 Å². The highest BCUT2D eigenvalue weighted by atomic mass is 127. The number of guanidine groups is 1. The van der Waals surface area contributed by atoms with E-state index in [-0.39, 0.29) is 24.0 Å². The largest absolute Gasteiger partial charge is 0.356 e. The van der Waals surface area contributed by atoms with Crippen molar-refractivity contribution in [2.24, 2.45) is 10.9 Å². The lowest BCUT2D eigenvalue weighted by Crippen LogP contribution is -2.54. The number of piperazine rings is 1.